The van der Waals surface area contributed by atoms with Gasteiger partial charge in [-0.25, -0.2) is 0 Å². The lowest BCUT2D eigenvalue weighted by Gasteiger charge is -2.14. The average Bonchev–Trinajstić information content (AvgIpc) is 2.69. The van der Waals surface area contributed by atoms with Gasteiger partial charge in [0.2, 0.25) is 0 Å². The fraction of sp³-hybridized carbons (Fsp3) is 0.818. The van der Waals surface area contributed by atoms with Crippen molar-refractivity contribution in [1.29, 1.82) is 0 Å². The lowest BCUT2D eigenvalue weighted by atomic mass is 10.4. The Bertz CT molecular complexity index is 144. The zero-order valence-corrected chi connectivity index (χ0v) is 9.82. The van der Waals surface area contributed by atoms with E-state index in [1.165, 1.54) is 38.2 Å². The fourth-order valence-electron chi connectivity index (χ4n) is 1.68. The first-order valence-electron chi connectivity index (χ1n) is 5.55. The minimum Gasteiger partial charge on any atom is -0.315 e. The molecule has 14 heavy (non-hydrogen) atoms. The normalized spacial score (nSPS) is 17.4. The van der Waals surface area contributed by atoms with E-state index in [2.05, 4.69) is 16.8 Å². The molecule has 1 aliphatic heterocycles. The minimum atomic E-state index is 1.08. The van der Waals surface area contributed by atoms with Crippen LogP contribution >= 0.6 is 11.8 Å². The van der Waals surface area contributed by atoms with Crippen LogP contribution in [0.3, 0.4) is 0 Å². The van der Waals surface area contributed by atoms with E-state index >= 15 is 0 Å². The van der Waals surface area contributed by atoms with Gasteiger partial charge in [0.15, 0.2) is 0 Å². The predicted octanol–water partition coefficient (Wildman–Crippen LogP) is 1.59. The number of thioether (sulfide) groups is 1. The Morgan fingerprint density at radius 3 is 2.79 bits per heavy atom. The third-order valence-corrected chi connectivity index (χ3v) is 3.43. The van der Waals surface area contributed by atoms with Crippen molar-refractivity contribution in [3.63, 3.8) is 0 Å². The van der Waals surface area contributed by atoms with Gasteiger partial charge in [-0.05, 0) is 25.9 Å². The highest BCUT2D eigenvalue weighted by Crippen LogP contribution is 2.05. The van der Waals surface area contributed by atoms with E-state index in [0.717, 1.165) is 18.8 Å². The van der Waals surface area contributed by atoms with Crippen molar-refractivity contribution in [3.8, 4) is 0 Å². The molecule has 1 fully saturated rings. The number of hydrogen-bond acceptors (Lipinski definition) is 3. The van der Waals surface area contributed by atoms with E-state index in [1.54, 1.807) is 0 Å². The number of likely N-dealkylation sites (tertiary alicyclic amines) is 1. The second kappa shape index (κ2) is 8.33. The Morgan fingerprint density at radius 1 is 1.29 bits per heavy atom. The van der Waals surface area contributed by atoms with E-state index < -0.39 is 0 Å². The van der Waals surface area contributed by atoms with Crippen molar-refractivity contribution in [2.75, 3.05) is 44.2 Å². The molecule has 0 aromatic carbocycles. The molecule has 1 heterocycles. The van der Waals surface area contributed by atoms with Gasteiger partial charge in [-0.15, -0.1) is 6.58 Å². The molecule has 0 aliphatic carbocycles. The highest BCUT2D eigenvalue weighted by Gasteiger charge is 2.09. The van der Waals surface area contributed by atoms with Crippen LogP contribution in [-0.4, -0.2) is 49.1 Å². The van der Waals surface area contributed by atoms with E-state index in [1.807, 2.05) is 17.8 Å². The zero-order chi connectivity index (χ0) is 10.1. The predicted molar refractivity (Wildman–Crippen MR) is 66.1 cm³/mol. The monoisotopic (exact) mass is 214 g/mol. The molecule has 0 aromatic heterocycles. The molecule has 1 rings (SSSR count). The second-order valence-corrected chi connectivity index (χ2v) is 4.81. The SMILES string of the molecule is C=CCSCCNCCN1CCCC1. The van der Waals surface area contributed by atoms with Crippen LogP contribution in [0.1, 0.15) is 12.8 Å². The summed E-state index contributed by atoms with van der Waals surface area (Å²) in [4.78, 5) is 2.55. The van der Waals surface area contributed by atoms with Gasteiger partial charge in [-0.3, -0.25) is 0 Å². The Morgan fingerprint density at radius 2 is 2.07 bits per heavy atom. The molecule has 82 valence electrons. The molecule has 1 aliphatic rings. The Kier molecular flexibility index (Phi) is 7.19. The minimum absolute atomic E-state index is 1.08. The maximum absolute atomic E-state index is 3.70. The summed E-state index contributed by atoms with van der Waals surface area (Å²) in [6.07, 6.45) is 4.76. The summed E-state index contributed by atoms with van der Waals surface area (Å²) in [5.41, 5.74) is 0. The van der Waals surface area contributed by atoms with Crippen molar-refractivity contribution in [2.24, 2.45) is 0 Å². The molecule has 0 amide bonds. The standard InChI is InChI=1S/C11H22N2S/c1-2-10-14-11-6-12-5-9-13-7-3-4-8-13/h2,12H,1,3-11H2. The quantitative estimate of drug-likeness (QED) is 0.488. The number of rotatable bonds is 8. The van der Waals surface area contributed by atoms with Gasteiger partial charge in [0, 0.05) is 31.1 Å². The van der Waals surface area contributed by atoms with Crippen molar-refractivity contribution in [1.82, 2.24) is 10.2 Å². The molecule has 0 aromatic rings. The maximum Gasteiger partial charge on any atom is 0.0111 e. The topological polar surface area (TPSA) is 15.3 Å². The highest BCUT2D eigenvalue weighted by atomic mass is 32.2. The first kappa shape index (κ1) is 12.1. The van der Waals surface area contributed by atoms with Crippen LogP contribution < -0.4 is 5.32 Å². The summed E-state index contributed by atoms with van der Waals surface area (Å²) in [7, 11) is 0. The molecule has 0 atom stereocenters. The Hall–Kier alpha value is 0.01000. The third-order valence-electron chi connectivity index (χ3n) is 2.46. The fourth-order valence-corrected chi connectivity index (χ4v) is 2.30. The molecule has 0 unspecified atom stereocenters. The van der Waals surface area contributed by atoms with Gasteiger partial charge in [0.05, 0.1) is 0 Å². The van der Waals surface area contributed by atoms with Crippen molar-refractivity contribution in [3.05, 3.63) is 12.7 Å². The van der Waals surface area contributed by atoms with Gasteiger partial charge in [-0.1, -0.05) is 6.08 Å². The van der Waals surface area contributed by atoms with Crippen LogP contribution in [0.5, 0.6) is 0 Å². The smallest absolute Gasteiger partial charge is 0.0111 e. The molecule has 1 saturated heterocycles. The van der Waals surface area contributed by atoms with Crippen molar-refractivity contribution in [2.45, 2.75) is 12.8 Å². The van der Waals surface area contributed by atoms with E-state index in [9.17, 15) is 0 Å². The number of hydrogen-bond donors (Lipinski definition) is 1. The van der Waals surface area contributed by atoms with Crippen LogP contribution in [-0.2, 0) is 0 Å². The third kappa shape index (κ3) is 5.68. The van der Waals surface area contributed by atoms with Gasteiger partial charge < -0.3 is 10.2 Å². The Labute approximate surface area is 92.1 Å². The number of nitrogens with one attached hydrogen (secondary N) is 1. The summed E-state index contributed by atoms with van der Waals surface area (Å²) in [5.74, 6) is 2.28. The first-order chi connectivity index (χ1) is 6.93. The average molecular weight is 214 g/mol. The molecule has 0 saturated carbocycles. The van der Waals surface area contributed by atoms with E-state index in [0.29, 0.717) is 0 Å². The maximum atomic E-state index is 3.70. The van der Waals surface area contributed by atoms with Gasteiger partial charge in [-0.2, -0.15) is 11.8 Å². The summed E-state index contributed by atoms with van der Waals surface area (Å²) >= 11 is 1.94. The number of nitrogens with zero attached hydrogens (tertiary/aromatic N) is 1. The van der Waals surface area contributed by atoms with Crippen molar-refractivity contribution >= 4 is 11.8 Å². The molecule has 0 radical (unpaired) electrons. The van der Waals surface area contributed by atoms with Crippen LogP contribution in [0.25, 0.3) is 0 Å². The highest BCUT2D eigenvalue weighted by molar-refractivity contribution is 7.99. The summed E-state index contributed by atoms with van der Waals surface area (Å²) in [5, 5.41) is 3.47. The molecule has 3 heteroatoms. The van der Waals surface area contributed by atoms with Gasteiger partial charge in [0.25, 0.3) is 0 Å². The van der Waals surface area contributed by atoms with Crippen LogP contribution in [0.2, 0.25) is 0 Å². The largest absolute Gasteiger partial charge is 0.315 e. The van der Waals surface area contributed by atoms with E-state index in [-0.39, 0.29) is 0 Å². The summed E-state index contributed by atoms with van der Waals surface area (Å²) in [6, 6.07) is 0. The summed E-state index contributed by atoms with van der Waals surface area (Å²) < 4.78 is 0. The molecule has 1 N–H and O–H groups in total. The lowest BCUT2D eigenvalue weighted by Crippen LogP contribution is -2.30. The van der Waals surface area contributed by atoms with E-state index in [4.69, 9.17) is 0 Å². The molecular formula is C11H22N2S. The van der Waals surface area contributed by atoms with Gasteiger partial charge >= 0.3 is 0 Å². The van der Waals surface area contributed by atoms with Gasteiger partial charge in [0.1, 0.15) is 0 Å². The lowest BCUT2D eigenvalue weighted by molar-refractivity contribution is 0.337. The molecule has 0 bridgehead atoms. The van der Waals surface area contributed by atoms with Crippen LogP contribution in [0.4, 0.5) is 0 Å². The molecular weight excluding hydrogens is 192 g/mol. The zero-order valence-electron chi connectivity index (χ0n) is 9.00. The second-order valence-electron chi connectivity index (χ2n) is 3.66. The Balaban J connectivity index is 1.77. The first-order valence-corrected chi connectivity index (χ1v) is 6.70. The molecule has 2 nitrogen and oxygen atoms in total. The van der Waals surface area contributed by atoms with Crippen LogP contribution in [0.15, 0.2) is 12.7 Å². The summed E-state index contributed by atoms with van der Waals surface area (Å²) in [6.45, 7) is 9.83. The van der Waals surface area contributed by atoms with Crippen LogP contribution in [0, 0.1) is 0 Å². The molecule has 0 spiro atoms. The van der Waals surface area contributed by atoms with Crippen molar-refractivity contribution < 1.29 is 0 Å².